The van der Waals surface area contributed by atoms with Crippen LogP contribution < -0.4 is 35.6 Å². The topological polar surface area (TPSA) is 159 Å². The number of ether oxygens (including phenoxy) is 3. The molecule has 2 amide bonds. The lowest BCUT2D eigenvalue weighted by Gasteiger charge is -2.24. The van der Waals surface area contributed by atoms with Gasteiger partial charge in [0, 0.05) is 18.2 Å². The van der Waals surface area contributed by atoms with Crippen LogP contribution in [0.5, 0.6) is 17.2 Å². The summed E-state index contributed by atoms with van der Waals surface area (Å²) in [5, 5.41) is 20.9. The van der Waals surface area contributed by atoms with Crippen molar-refractivity contribution in [3.63, 3.8) is 0 Å². The van der Waals surface area contributed by atoms with Crippen LogP contribution in [0.25, 0.3) is 16.8 Å². The summed E-state index contributed by atoms with van der Waals surface area (Å²) in [4.78, 5) is 40.1. The maximum Gasteiger partial charge on any atom is 0.247 e. The van der Waals surface area contributed by atoms with E-state index >= 15 is 0 Å². The lowest BCUT2D eigenvalue weighted by atomic mass is 9.95. The number of aryl methyl sites for hydroxylation is 2. The molecule has 0 unspecified atom stereocenters. The van der Waals surface area contributed by atoms with Crippen LogP contribution in [-0.4, -0.2) is 59.4 Å². The van der Waals surface area contributed by atoms with E-state index < -0.39 is 12.1 Å². The number of tetrazole rings is 1. The minimum Gasteiger partial charge on any atom is -0.493 e. The summed E-state index contributed by atoms with van der Waals surface area (Å²) < 4.78 is 18.8. The number of hydrogen-bond acceptors (Lipinski definition) is 10. The van der Waals surface area contributed by atoms with Crippen LogP contribution in [0, 0.1) is 12.8 Å². The largest absolute Gasteiger partial charge is 0.493 e. The molecule has 1 heterocycles. The van der Waals surface area contributed by atoms with Crippen LogP contribution in [0.3, 0.4) is 0 Å². The van der Waals surface area contributed by atoms with Crippen molar-refractivity contribution in [3.8, 4) is 34.1 Å². The van der Waals surface area contributed by atoms with E-state index in [4.69, 9.17) is 14.2 Å². The van der Waals surface area contributed by atoms with Crippen LogP contribution in [0.2, 0.25) is 0 Å². The highest BCUT2D eigenvalue weighted by Crippen LogP contribution is 2.50. The first-order chi connectivity index (χ1) is 23.1. The Morgan fingerprint density at radius 2 is 1.81 bits per heavy atom. The van der Waals surface area contributed by atoms with Gasteiger partial charge in [-0.2, -0.15) is 4.68 Å². The molecule has 1 aliphatic carbocycles. The van der Waals surface area contributed by atoms with Gasteiger partial charge in [0.1, 0.15) is 6.04 Å². The number of aromatic nitrogens is 4. The molecule has 0 spiro atoms. The summed E-state index contributed by atoms with van der Waals surface area (Å²) in [5.74, 6) is 1.34. The summed E-state index contributed by atoms with van der Waals surface area (Å²) in [5.41, 5.74) is 4.16. The molecule has 252 valence electrons. The number of methoxy groups -OCH3 is 3. The second-order valence-corrected chi connectivity index (χ2v) is 11.8. The Bertz CT molecular complexity index is 1890. The monoisotopic (exact) mass is 655 g/mol. The van der Waals surface area contributed by atoms with Gasteiger partial charge in [0.05, 0.1) is 38.7 Å². The predicted molar refractivity (Wildman–Crippen MR) is 182 cm³/mol. The lowest BCUT2D eigenvalue weighted by Crippen LogP contribution is -2.40. The summed E-state index contributed by atoms with van der Waals surface area (Å²) in [6.07, 6.45) is 1.79. The molecule has 0 fully saturated rings. The van der Waals surface area contributed by atoms with E-state index in [0.717, 1.165) is 11.1 Å². The number of benzene rings is 2. The van der Waals surface area contributed by atoms with Gasteiger partial charge >= 0.3 is 0 Å². The molecule has 0 radical (unpaired) electrons. The first-order valence-electron chi connectivity index (χ1n) is 15.8. The molecule has 1 aliphatic rings. The molecule has 0 bridgehead atoms. The Balaban J connectivity index is 1.57. The Labute approximate surface area is 279 Å². The molecule has 5 rings (SSSR count). The molecule has 0 saturated heterocycles. The fraction of sp³-hybridized carbons (Fsp3) is 0.371. The summed E-state index contributed by atoms with van der Waals surface area (Å²) >= 11 is 0. The minimum atomic E-state index is -0.749. The van der Waals surface area contributed by atoms with Crippen LogP contribution >= 0.6 is 0 Å². The fourth-order valence-corrected chi connectivity index (χ4v) is 6.10. The summed E-state index contributed by atoms with van der Waals surface area (Å²) in [6, 6.07) is 13.0. The van der Waals surface area contributed by atoms with Crippen molar-refractivity contribution < 1.29 is 23.8 Å². The number of carbonyl (C=O) groups excluding carboxylic acids is 2. The van der Waals surface area contributed by atoms with Gasteiger partial charge in [-0.15, -0.1) is 5.10 Å². The van der Waals surface area contributed by atoms with E-state index in [0.29, 0.717) is 64.8 Å². The van der Waals surface area contributed by atoms with Crippen LogP contribution in [0.4, 0.5) is 11.4 Å². The van der Waals surface area contributed by atoms with Crippen LogP contribution in [-0.2, 0) is 16.0 Å². The van der Waals surface area contributed by atoms with Crippen molar-refractivity contribution in [2.75, 3.05) is 32.0 Å². The second kappa shape index (κ2) is 14.5. The van der Waals surface area contributed by atoms with Crippen molar-refractivity contribution in [2.45, 2.75) is 59.0 Å². The standard InChI is InChI=1S/C35H41N7O6/c1-8-19(2)32(35(45)37-23-10-9-11-24(17-23)42-20(3)39-40-41-42)38-28-15-13-25-26(18-29(28)44)27(36-21(4)43)14-12-22-16-30(46-5)33(47-6)34(48-7)31(22)25/h9-11,13,15-19,27,32H,8,12,14H2,1-7H3,(H,36,43)(H,37,45)(H,38,44)/t19-,27+,32+/m1/s1. The highest BCUT2D eigenvalue weighted by Gasteiger charge is 2.30. The number of hydrogen-bond donors (Lipinski definition) is 3. The van der Waals surface area contributed by atoms with E-state index in [1.807, 2.05) is 32.0 Å². The van der Waals surface area contributed by atoms with Gasteiger partial charge in [0.25, 0.3) is 0 Å². The van der Waals surface area contributed by atoms with Crippen LogP contribution in [0.15, 0.2) is 53.3 Å². The number of carbonyl (C=O) groups is 2. The SMILES string of the molecule is CC[C@@H](C)[C@H](Nc1ccc2c(cc1=O)[C@@H](NC(C)=O)CCc1cc(OC)c(OC)c(OC)c1-2)C(=O)Nc1cccc(-n2nnnc2C)c1. The Morgan fingerprint density at radius 3 is 2.46 bits per heavy atom. The summed E-state index contributed by atoms with van der Waals surface area (Å²) in [6.45, 7) is 7.18. The molecule has 3 aromatic carbocycles. The molecule has 13 heteroatoms. The van der Waals surface area contributed by atoms with Gasteiger partial charge in [-0.1, -0.05) is 32.4 Å². The zero-order valence-corrected chi connectivity index (χ0v) is 28.2. The van der Waals surface area contributed by atoms with Gasteiger partial charge in [-0.3, -0.25) is 14.4 Å². The summed E-state index contributed by atoms with van der Waals surface area (Å²) in [7, 11) is 4.65. The molecule has 0 aliphatic heterocycles. The molecule has 3 N–H and O–H groups in total. The molecule has 4 aromatic rings. The van der Waals surface area contributed by atoms with Crippen molar-refractivity contribution in [3.05, 3.63) is 75.7 Å². The third-order valence-electron chi connectivity index (χ3n) is 8.71. The number of fused-ring (bicyclic) bond motifs is 3. The smallest absolute Gasteiger partial charge is 0.247 e. The first-order valence-corrected chi connectivity index (χ1v) is 15.8. The third-order valence-corrected chi connectivity index (χ3v) is 8.71. The van der Waals surface area contributed by atoms with Crippen molar-refractivity contribution in [1.82, 2.24) is 25.5 Å². The zero-order valence-electron chi connectivity index (χ0n) is 28.2. The molecule has 13 nitrogen and oxygen atoms in total. The maximum absolute atomic E-state index is 14.0. The first kappa shape index (κ1) is 33.9. The van der Waals surface area contributed by atoms with Gasteiger partial charge < -0.3 is 30.2 Å². The molecule has 1 aromatic heterocycles. The lowest BCUT2D eigenvalue weighted by molar-refractivity contribution is -0.120. The Kier molecular flexibility index (Phi) is 10.3. The zero-order chi connectivity index (χ0) is 34.5. The van der Waals surface area contributed by atoms with E-state index in [1.165, 1.54) is 20.1 Å². The van der Waals surface area contributed by atoms with Crippen molar-refractivity contribution in [1.29, 1.82) is 0 Å². The maximum atomic E-state index is 14.0. The predicted octanol–water partition coefficient (Wildman–Crippen LogP) is 4.61. The van der Waals surface area contributed by atoms with Crippen LogP contribution in [0.1, 0.15) is 56.6 Å². The van der Waals surface area contributed by atoms with Gasteiger partial charge in [-0.25, -0.2) is 0 Å². The number of nitrogens with zero attached hydrogens (tertiary/aromatic N) is 4. The normalized spacial score (nSPS) is 14.8. The average molecular weight is 656 g/mol. The van der Waals surface area contributed by atoms with Gasteiger partial charge in [0.2, 0.25) is 23.0 Å². The number of rotatable bonds is 11. The molecule has 3 atom stereocenters. The number of anilines is 2. The Morgan fingerprint density at radius 1 is 1.04 bits per heavy atom. The third kappa shape index (κ3) is 6.80. The highest BCUT2D eigenvalue weighted by molar-refractivity contribution is 5.97. The van der Waals surface area contributed by atoms with E-state index in [1.54, 1.807) is 50.1 Å². The van der Waals surface area contributed by atoms with E-state index in [-0.39, 0.29) is 28.8 Å². The second-order valence-electron chi connectivity index (χ2n) is 11.8. The molecule has 48 heavy (non-hydrogen) atoms. The number of amides is 2. The van der Waals surface area contributed by atoms with E-state index in [2.05, 4.69) is 31.5 Å². The fourth-order valence-electron chi connectivity index (χ4n) is 6.10. The minimum absolute atomic E-state index is 0.137. The number of nitrogens with one attached hydrogen (secondary N) is 3. The molecular weight excluding hydrogens is 614 g/mol. The quantitative estimate of drug-likeness (QED) is 0.208. The highest BCUT2D eigenvalue weighted by atomic mass is 16.5. The molecular formula is C35H41N7O6. The van der Waals surface area contributed by atoms with Crippen molar-refractivity contribution >= 4 is 23.2 Å². The van der Waals surface area contributed by atoms with E-state index in [9.17, 15) is 14.4 Å². The Hall–Kier alpha value is -5.46. The van der Waals surface area contributed by atoms with Gasteiger partial charge in [0.15, 0.2) is 17.3 Å². The van der Waals surface area contributed by atoms with Gasteiger partial charge in [-0.05, 0) is 89.2 Å². The average Bonchev–Trinajstić information content (AvgIpc) is 3.38. The molecule has 0 saturated carbocycles. The van der Waals surface area contributed by atoms with Crippen molar-refractivity contribution in [2.24, 2.45) is 5.92 Å².